The molecule has 30 heavy (non-hydrogen) atoms. The molecule has 0 bridgehead atoms. The summed E-state index contributed by atoms with van der Waals surface area (Å²) in [5.41, 5.74) is -1.72. The number of halogens is 6. The molecule has 4 rings (SSSR count). The third-order valence-electron chi connectivity index (χ3n) is 4.71. The molecule has 0 aliphatic rings. The van der Waals surface area contributed by atoms with E-state index in [-0.39, 0.29) is 27.8 Å². The molecule has 0 N–H and O–H groups in total. The van der Waals surface area contributed by atoms with Crippen LogP contribution in [0.5, 0.6) is 0 Å². The predicted molar refractivity (Wildman–Crippen MR) is 102 cm³/mol. The van der Waals surface area contributed by atoms with Crippen LogP contribution in [0.3, 0.4) is 0 Å². The molecule has 0 radical (unpaired) electrons. The van der Waals surface area contributed by atoms with Crippen molar-refractivity contribution in [2.45, 2.75) is 0 Å². The van der Waals surface area contributed by atoms with E-state index in [0.717, 1.165) is 36.4 Å². The molecule has 4 aromatic rings. The van der Waals surface area contributed by atoms with E-state index in [1.54, 1.807) is 0 Å². The lowest BCUT2D eigenvalue weighted by Gasteiger charge is -2.17. The molecular formula is C24H12F6. The van der Waals surface area contributed by atoms with Gasteiger partial charge in [0, 0.05) is 33.9 Å². The van der Waals surface area contributed by atoms with Crippen molar-refractivity contribution in [1.29, 1.82) is 0 Å². The third kappa shape index (κ3) is 3.45. The average molecular weight is 414 g/mol. The SMILES string of the molecule is Fc1ccc(-c2c(F)c(-c3ccc(F)cc3F)cc(F)c2-c2ccccc2F)cc1. The molecule has 4 aromatic carbocycles. The summed E-state index contributed by atoms with van der Waals surface area (Å²) in [5.74, 6) is -5.42. The smallest absolute Gasteiger partial charge is 0.139 e. The first kappa shape index (κ1) is 19.8. The zero-order valence-corrected chi connectivity index (χ0v) is 15.2. The lowest BCUT2D eigenvalue weighted by atomic mass is 9.89. The minimum atomic E-state index is -1.09. The van der Waals surface area contributed by atoms with Gasteiger partial charge in [0.2, 0.25) is 0 Å². The summed E-state index contributed by atoms with van der Waals surface area (Å²) < 4.78 is 86.2. The van der Waals surface area contributed by atoms with E-state index in [9.17, 15) is 17.6 Å². The summed E-state index contributed by atoms with van der Waals surface area (Å²) in [6.07, 6.45) is 0. The van der Waals surface area contributed by atoms with E-state index in [1.807, 2.05) is 0 Å². The van der Waals surface area contributed by atoms with Gasteiger partial charge in [-0.3, -0.25) is 0 Å². The molecule has 150 valence electrons. The van der Waals surface area contributed by atoms with Gasteiger partial charge in [0.05, 0.1) is 0 Å². The number of rotatable bonds is 3. The van der Waals surface area contributed by atoms with Crippen LogP contribution in [0.25, 0.3) is 33.4 Å². The predicted octanol–water partition coefficient (Wildman–Crippen LogP) is 7.52. The highest BCUT2D eigenvalue weighted by Gasteiger charge is 2.25. The minimum absolute atomic E-state index is 0.0652. The first-order valence-corrected chi connectivity index (χ1v) is 8.85. The first-order chi connectivity index (χ1) is 14.4. The lowest BCUT2D eigenvalue weighted by molar-refractivity contribution is 0.581. The summed E-state index contributed by atoms with van der Waals surface area (Å²) in [7, 11) is 0. The van der Waals surface area contributed by atoms with E-state index < -0.39 is 40.5 Å². The Morgan fingerprint density at radius 1 is 0.433 bits per heavy atom. The molecule has 0 amide bonds. The zero-order chi connectivity index (χ0) is 21.4. The highest BCUT2D eigenvalue weighted by molar-refractivity contribution is 5.88. The van der Waals surface area contributed by atoms with E-state index in [4.69, 9.17) is 0 Å². The Labute approximate surface area is 168 Å². The van der Waals surface area contributed by atoms with Gasteiger partial charge in [0.15, 0.2) is 0 Å². The van der Waals surface area contributed by atoms with E-state index >= 15 is 8.78 Å². The van der Waals surface area contributed by atoms with Crippen LogP contribution in [-0.2, 0) is 0 Å². The maximum atomic E-state index is 15.6. The molecule has 0 saturated carbocycles. The van der Waals surface area contributed by atoms with Crippen molar-refractivity contribution in [1.82, 2.24) is 0 Å². The van der Waals surface area contributed by atoms with Crippen molar-refractivity contribution in [3.05, 3.63) is 108 Å². The number of benzene rings is 4. The third-order valence-corrected chi connectivity index (χ3v) is 4.71. The summed E-state index contributed by atoms with van der Waals surface area (Å²) in [6.45, 7) is 0. The van der Waals surface area contributed by atoms with Crippen molar-refractivity contribution >= 4 is 0 Å². The Bertz CT molecular complexity index is 1250. The molecular weight excluding hydrogens is 402 g/mol. The quantitative estimate of drug-likeness (QED) is 0.304. The van der Waals surface area contributed by atoms with Crippen molar-refractivity contribution in [2.24, 2.45) is 0 Å². The van der Waals surface area contributed by atoms with Crippen LogP contribution in [0.15, 0.2) is 72.8 Å². The van der Waals surface area contributed by atoms with Gasteiger partial charge >= 0.3 is 0 Å². The lowest BCUT2D eigenvalue weighted by Crippen LogP contribution is -2.00. The molecule has 0 heterocycles. The summed E-state index contributed by atoms with van der Waals surface area (Å²) in [4.78, 5) is 0. The van der Waals surface area contributed by atoms with Crippen LogP contribution in [0.2, 0.25) is 0 Å². The fourth-order valence-electron chi connectivity index (χ4n) is 3.34. The summed E-state index contributed by atoms with van der Waals surface area (Å²) in [5, 5.41) is 0. The second kappa shape index (κ2) is 7.71. The van der Waals surface area contributed by atoms with Crippen LogP contribution in [0.1, 0.15) is 0 Å². The Kier molecular flexibility index (Phi) is 5.08. The van der Waals surface area contributed by atoms with Crippen LogP contribution >= 0.6 is 0 Å². The Hall–Kier alpha value is -3.54. The molecule has 0 aromatic heterocycles. The average Bonchev–Trinajstić information content (AvgIpc) is 2.71. The van der Waals surface area contributed by atoms with Gasteiger partial charge in [-0.25, -0.2) is 26.3 Å². The Balaban J connectivity index is 2.08. The summed E-state index contributed by atoms with van der Waals surface area (Å²) >= 11 is 0. The van der Waals surface area contributed by atoms with Crippen LogP contribution in [0.4, 0.5) is 26.3 Å². The normalized spacial score (nSPS) is 11.0. The molecule has 0 aliphatic carbocycles. The monoisotopic (exact) mass is 414 g/mol. The van der Waals surface area contributed by atoms with E-state index in [1.165, 1.54) is 30.3 Å². The minimum Gasteiger partial charge on any atom is -0.207 e. The van der Waals surface area contributed by atoms with Crippen LogP contribution in [0, 0.1) is 34.9 Å². The van der Waals surface area contributed by atoms with Crippen molar-refractivity contribution in [3.8, 4) is 33.4 Å². The molecule has 0 fully saturated rings. The highest BCUT2D eigenvalue weighted by Crippen LogP contribution is 2.42. The molecule has 0 nitrogen and oxygen atoms in total. The molecule has 6 heteroatoms. The second-order valence-corrected chi connectivity index (χ2v) is 6.58. The maximum Gasteiger partial charge on any atom is 0.139 e. The van der Waals surface area contributed by atoms with E-state index in [2.05, 4.69) is 0 Å². The van der Waals surface area contributed by atoms with Gasteiger partial charge in [-0.1, -0.05) is 30.3 Å². The highest BCUT2D eigenvalue weighted by atomic mass is 19.2. The zero-order valence-electron chi connectivity index (χ0n) is 15.2. The van der Waals surface area contributed by atoms with Gasteiger partial charge < -0.3 is 0 Å². The van der Waals surface area contributed by atoms with Crippen LogP contribution in [-0.4, -0.2) is 0 Å². The van der Waals surface area contributed by atoms with Crippen LogP contribution < -0.4 is 0 Å². The second-order valence-electron chi connectivity index (χ2n) is 6.58. The number of hydrogen-bond acceptors (Lipinski definition) is 0. The number of hydrogen-bond donors (Lipinski definition) is 0. The van der Waals surface area contributed by atoms with Crippen molar-refractivity contribution in [3.63, 3.8) is 0 Å². The van der Waals surface area contributed by atoms with Crippen molar-refractivity contribution < 1.29 is 26.3 Å². The van der Waals surface area contributed by atoms with Gasteiger partial charge in [-0.2, -0.15) is 0 Å². The van der Waals surface area contributed by atoms with Gasteiger partial charge in [0.1, 0.15) is 34.9 Å². The molecule has 0 saturated heterocycles. The standard InChI is InChI=1S/C24H12F6/c25-14-7-5-13(6-8-14)22-23(17-3-1-2-4-19(17)27)21(29)12-18(24(22)30)16-10-9-15(26)11-20(16)28/h1-12H. The molecule has 0 aliphatic heterocycles. The first-order valence-electron chi connectivity index (χ1n) is 8.85. The van der Waals surface area contributed by atoms with Gasteiger partial charge in [-0.05, 0) is 42.0 Å². The Morgan fingerprint density at radius 2 is 1.10 bits per heavy atom. The Morgan fingerprint density at radius 3 is 1.77 bits per heavy atom. The van der Waals surface area contributed by atoms with E-state index in [0.29, 0.717) is 6.07 Å². The fraction of sp³-hybridized carbons (Fsp3) is 0. The van der Waals surface area contributed by atoms with Gasteiger partial charge in [0.25, 0.3) is 0 Å². The topological polar surface area (TPSA) is 0 Å². The summed E-state index contributed by atoms with van der Waals surface area (Å²) in [6, 6.07) is 12.9. The van der Waals surface area contributed by atoms with Gasteiger partial charge in [-0.15, -0.1) is 0 Å². The fourth-order valence-corrected chi connectivity index (χ4v) is 3.34. The molecule has 0 unspecified atom stereocenters. The molecule has 0 spiro atoms. The van der Waals surface area contributed by atoms with Crippen molar-refractivity contribution in [2.75, 3.05) is 0 Å². The molecule has 0 atom stereocenters. The largest absolute Gasteiger partial charge is 0.207 e. The maximum absolute atomic E-state index is 15.6.